The summed E-state index contributed by atoms with van der Waals surface area (Å²) in [6, 6.07) is 7.77. The highest BCUT2D eigenvalue weighted by atomic mass is 127. The zero-order valence-corrected chi connectivity index (χ0v) is 31.7. The van der Waals surface area contributed by atoms with E-state index in [1.165, 1.54) is 6.07 Å². The van der Waals surface area contributed by atoms with Crippen LogP contribution in [0.2, 0.25) is 0 Å². The third kappa shape index (κ3) is 6.10. The Kier molecular flexibility index (Phi) is 8.21. The van der Waals surface area contributed by atoms with Gasteiger partial charge in [-0.25, -0.2) is 23.4 Å². The molecule has 4 aliphatic rings. The number of para-hydroxylation sites is 1. The summed E-state index contributed by atoms with van der Waals surface area (Å²) in [5, 5.41) is 15.7. The molecule has 4 aliphatic heterocycles. The molecule has 6 heterocycles. The minimum atomic E-state index is -3.14. The number of fused-ring (bicyclic) bond motifs is 7. The molecular weight excluding hydrogens is 823 g/mol. The van der Waals surface area contributed by atoms with Gasteiger partial charge in [0, 0.05) is 41.3 Å². The van der Waals surface area contributed by atoms with Crippen LogP contribution >= 0.6 is 22.6 Å². The zero-order chi connectivity index (χ0) is 36.8. The summed E-state index contributed by atoms with van der Waals surface area (Å²) < 4.78 is 80.0. The van der Waals surface area contributed by atoms with Gasteiger partial charge in [-0.2, -0.15) is 13.8 Å². The van der Waals surface area contributed by atoms with E-state index < -0.39 is 34.5 Å². The van der Waals surface area contributed by atoms with E-state index in [-0.39, 0.29) is 41.2 Å². The molecule has 1 saturated heterocycles. The number of benzene rings is 3. The summed E-state index contributed by atoms with van der Waals surface area (Å²) in [5.41, 5.74) is 3.36. The van der Waals surface area contributed by atoms with E-state index in [9.17, 15) is 13.5 Å². The minimum absolute atomic E-state index is 0.0203. The van der Waals surface area contributed by atoms with Crippen molar-refractivity contribution in [3.8, 4) is 28.9 Å². The van der Waals surface area contributed by atoms with Gasteiger partial charge in [-0.3, -0.25) is 0 Å². The van der Waals surface area contributed by atoms with Crippen LogP contribution in [0.4, 0.5) is 14.6 Å². The highest BCUT2D eigenvalue weighted by molar-refractivity contribution is 14.1. The Morgan fingerprint density at radius 1 is 1.00 bits per heavy atom. The van der Waals surface area contributed by atoms with Gasteiger partial charge in [-0.15, -0.1) is 0 Å². The van der Waals surface area contributed by atoms with Gasteiger partial charge in [0.25, 0.3) is 0 Å². The van der Waals surface area contributed by atoms with Crippen LogP contribution in [0.1, 0.15) is 59.2 Å². The topological polar surface area (TPSA) is 155 Å². The van der Waals surface area contributed by atoms with E-state index in [2.05, 4.69) is 37.9 Å². The van der Waals surface area contributed by atoms with E-state index in [0.717, 1.165) is 25.8 Å². The second-order valence-electron chi connectivity index (χ2n) is 14.0. The Morgan fingerprint density at radius 3 is 2.55 bits per heavy atom. The van der Waals surface area contributed by atoms with Gasteiger partial charge in [-0.1, -0.05) is 12.1 Å². The summed E-state index contributed by atoms with van der Waals surface area (Å²) >= 11 is 2.25. The molecule has 0 saturated carbocycles. The third-order valence-corrected chi connectivity index (χ3v) is 12.9. The van der Waals surface area contributed by atoms with Crippen molar-refractivity contribution in [2.24, 2.45) is 0 Å². The SMILES string of the molecule is Cc1nc(O)c2cc(OC3CCS(=O)(=O)CC3)c3c(c2n1)CC(C[C@@H](Nc1nc(C)nc2c4c(c(I)cc12)OCC4)c1cccc2c1OCC2(F)F)O3. The molecule has 2 aromatic heterocycles. The van der Waals surface area contributed by atoms with Gasteiger partial charge in [0.05, 0.1) is 49.7 Å². The predicted octanol–water partition coefficient (Wildman–Crippen LogP) is 6.42. The van der Waals surface area contributed by atoms with Gasteiger partial charge in [0.15, 0.2) is 27.9 Å². The molecule has 0 bridgehead atoms. The van der Waals surface area contributed by atoms with Gasteiger partial charge in [0.2, 0.25) is 5.88 Å². The minimum Gasteiger partial charge on any atom is -0.493 e. The Hall–Kier alpha value is -4.32. The molecule has 0 aliphatic carbocycles. The number of nitrogens with one attached hydrogen (secondary N) is 1. The summed E-state index contributed by atoms with van der Waals surface area (Å²) in [7, 11) is -3.13. The summed E-state index contributed by atoms with van der Waals surface area (Å²) in [6.07, 6.45) is 1.11. The Bertz CT molecular complexity index is 2460. The van der Waals surface area contributed by atoms with Crippen LogP contribution in [-0.4, -0.2) is 70.4 Å². The van der Waals surface area contributed by atoms with Crippen molar-refractivity contribution < 1.29 is 41.3 Å². The Labute approximate surface area is 316 Å². The van der Waals surface area contributed by atoms with Crippen molar-refractivity contribution in [1.29, 1.82) is 0 Å². The Balaban J connectivity index is 1.12. The standard InChI is InChI=1S/C37H34F2IN5O7S/c1-17-41-30-22-6-9-49-33(22)27(40)14-24(30)35(43-17)45-28(21-4-3-5-26-32(21)50-16-37(26,38)39)13-20-12-23-31-25(36(46)44-18(2)42-31)15-29(34(23)52-20)51-19-7-10-53(47,48)11-8-19/h3-5,14-15,19-20,28H,6-13,16H2,1-2H3,(H,41,43,45)(H,42,44,46)/t20?,28-/m1/s1. The number of aromatic nitrogens is 4. The Morgan fingerprint density at radius 2 is 1.75 bits per heavy atom. The lowest BCUT2D eigenvalue weighted by molar-refractivity contribution is -0.0214. The van der Waals surface area contributed by atoms with Gasteiger partial charge >= 0.3 is 5.92 Å². The van der Waals surface area contributed by atoms with Crippen LogP contribution in [0.25, 0.3) is 21.8 Å². The first-order chi connectivity index (χ1) is 25.3. The molecule has 0 radical (unpaired) electrons. The van der Waals surface area contributed by atoms with Crippen LogP contribution in [-0.2, 0) is 28.6 Å². The third-order valence-electron chi connectivity index (χ3n) is 10.3. The maximum absolute atomic E-state index is 15.0. The number of halogens is 3. The molecule has 53 heavy (non-hydrogen) atoms. The summed E-state index contributed by atoms with van der Waals surface area (Å²) in [5.74, 6) is -0.104. The number of aryl methyl sites for hydroxylation is 2. The van der Waals surface area contributed by atoms with E-state index in [1.54, 1.807) is 25.1 Å². The number of hydrogen-bond donors (Lipinski definition) is 2. The second-order valence-corrected chi connectivity index (χ2v) is 17.5. The zero-order valence-electron chi connectivity index (χ0n) is 28.7. The number of anilines is 1. The molecule has 1 unspecified atom stereocenters. The fourth-order valence-electron chi connectivity index (χ4n) is 7.88. The molecule has 12 nitrogen and oxygen atoms in total. The molecule has 1 fully saturated rings. The smallest absolute Gasteiger partial charge is 0.310 e. The van der Waals surface area contributed by atoms with E-state index in [4.69, 9.17) is 28.9 Å². The van der Waals surface area contributed by atoms with E-state index in [0.29, 0.717) is 83.3 Å². The van der Waals surface area contributed by atoms with Crippen LogP contribution in [0.15, 0.2) is 30.3 Å². The molecule has 0 spiro atoms. The highest BCUT2D eigenvalue weighted by Crippen LogP contribution is 2.49. The number of rotatable bonds is 7. The molecule has 276 valence electrons. The number of ether oxygens (including phenoxy) is 4. The normalized spacial score (nSPS) is 20.3. The molecule has 3 aromatic carbocycles. The van der Waals surface area contributed by atoms with Crippen molar-refractivity contribution in [2.75, 3.05) is 30.0 Å². The lowest BCUT2D eigenvalue weighted by atomic mass is 9.94. The van der Waals surface area contributed by atoms with Crippen LogP contribution in [0.3, 0.4) is 0 Å². The maximum Gasteiger partial charge on any atom is 0.310 e. The fraction of sp³-hybridized carbons (Fsp3) is 0.405. The number of aromatic hydroxyl groups is 1. The van der Waals surface area contributed by atoms with Gasteiger partial charge in [-0.05, 0) is 67.5 Å². The number of nitrogens with zero attached hydrogens (tertiary/aromatic N) is 4. The summed E-state index contributed by atoms with van der Waals surface area (Å²) in [4.78, 5) is 18.4. The summed E-state index contributed by atoms with van der Waals surface area (Å²) in [6.45, 7) is 3.31. The molecule has 2 N–H and O–H groups in total. The van der Waals surface area contributed by atoms with Crippen LogP contribution in [0.5, 0.6) is 28.9 Å². The number of sulfone groups is 1. The van der Waals surface area contributed by atoms with Crippen molar-refractivity contribution in [1.82, 2.24) is 19.9 Å². The van der Waals surface area contributed by atoms with Crippen molar-refractivity contribution >= 4 is 60.1 Å². The molecule has 0 amide bonds. The molecule has 9 rings (SSSR count). The van der Waals surface area contributed by atoms with Crippen LogP contribution in [0, 0.1) is 17.4 Å². The van der Waals surface area contributed by atoms with Gasteiger partial charge < -0.3 is 29.4 Å². The average Bonchev–Trinajstić information content (AvgIpc) is 3.85. The van der Waals surface area contributed by atoms with Crippen molar-refractivity contribution in [2.45, 2.75) is 70.1 Å². The predicted molar refractivity (Wildman–Crippen MR) is 199 cm³/mol. The fourth-order valence-corrected chi connectivity index (χ4v) is 10.1. The molecule has 16 heteroatoms. The largest absolute Gasteiger partial charge is 0.493 e. The second kappa shape index (κ2) is 12.6. The first kappa shape index (κ1) is 34.4. The quantitative estimate of drug-likeness (QED) is 0.174. The molecule has 2 atom stereocenters. The van der Waals surface area contributed by atoms with E-state index in [1.807, 2.05) is 13.0 Å². The number of alkyl halides is 2. The molecular formula is C37H34F2IN5O7S. The monoisotopic (exact) mass is 857 g/mol. The lowest BCUT2D eigenvalue weighted by Gasteiger charge is -2.26. The van der Waals surface area contributed by atoms with Gasteiger partial charge in [0.1, 0.15) is 41.2 Å². The molecule has 5 aromatic rings. The van der Waals surface area contributed by atoms with Crippen LogP contribution < -0.4 is 24.3 Å². The maximum atomic E-state index is 15.0. The number of hydrogen-bond acceptors (Lipinski definition) is 12. The lowest BCUT2D eigenvalue weighted by Crippen LogP contribution is -2.30. The van der Waals surface area contributed by atoms with Crippen molar-refractivity contribution in [3.63, 3.8) is 0 Å². The van der Waals surface area contributed by atoms with Crippen molar-refractivity contribution in [3.05, 3.63) is 67.8 Å². The highest BCUT2D eigenvalue weighted by Gasteiger charge is 2.44. The first-order valence-electron chi connectivity index (χ1n) is 17.4. The average molecular weight is 858 g/mol. The first-order valence-corrected chi connectivity index (χ1v) is 20.3. The van der Waals surface area contributed by atoms with E-state index >= 15 is 8.78 Å².